The standard InChI is InChI=1S/C16H24N2O/c1-11-8-9-14(19-11)16(17-2)13-7-3-5-12-6-4-10-18-15(12)13/h4,6,10-11,13-14,16-17H,3,5,7-9H2,1-2H3. The number of nitrogens with one attached hydrogen (secondary N) is 1. The summed E-state index contributed by atoms with van der Waals surface area (Å²) in [5.74, 6) is 0.505. The molecule has 1 aliphatic heterocycles. The first-order valence-corrected chi connectivity index (χ1v) is 7.56. The highest BCUT2D eigenvalue weighted by Gasteiger charge is 2.36. The number of aryl methyl sites for hydroxylation is 1. The molecule has 0 amide bonds. The van der Waals surface area contributed by atoms with E-state index >= 15 is 0 Å². The molecule has 1 N–H and O–H groups in total. The molecule has 1 saturated heterocycles. The van der Waals surface area contributed by atoms with Gasteiger partial charge in [-0.25, -0.2) is 0 Å². The van der Waals surface area contributed by atoms with Gasteiger partial charge in [0.1, 0.15) is 0 Å². The Labute approximate surface area is 115 Å². The summed E-state index contributed by atoms with van der Waals surface area (Å²) < 4.78 is 6.09. The summed E-state index contributed by atoms with van der Waals surface area (Å²) in [6.45, 7) is 2.18. The molecule has 4 unspecified atom stereocenters. The third kappa shape index (κ3) is 2.54. The van der Waals surface area contributed by atoms with Gasteiger partial charge >= 0.3 is 0 Å². The van der Waals surface area contributed by atoms with Crippen LogP contribution in [0.4, 0.5) is 0 Å². The fourth-order valence-electron chi connectivity index (χ4n) is 3.74. The molecule has 1 aliphatic carbocycles. The molecule has 1 aromatic rings. The van der Waals surface area contributed by atoms with Crippen LogP contribution in [0.5, 0.6) is 0 Å². The number of pyridine rings is 1. The Hall–Kier alpha value is -0.930. The van der Waals surface area contributed by atoms with Crippen LogP contribution in [0.15, 0.2) is 18.3 Å². The minimum absolute atomic E-state index is 0.345. The van der Waals surface area contributed by atoms with Crippen LogP contribution < -0.4 is 5.32 Å². The molecule has 3 heteroatoms. The van der Waals surface area contributed by atoms with E-state index < -0.39 is 0 Å². The lowest BCUT2D eigenvalue weighted by Gasteiger charge is -2.34. The highest BCUT2D eigenvalue weighted by molar-refractivity contribution is 5.27. The van der Waals surface area contributed by atoms with E-state index in [-0.39, 0.29) is 0 Å². The zero-order valence-corrected chi connectivity index (χ0v) is 11.9. The van der Waals surface area contributed by atoms with Crippen LogP contribution in [0.25, 0.3) is 0 Å². The van der Waals surface area contributed by atoms with Crippen LogP contribution in [0.3, 0.4) is 0 Å². The van der Waals surface area contributed by atoms with Gasteiger partial charge in [0.15, 0.2) is 0 Å². The maximum Gasteiger partial charge on any atom is 0.0739 e. The predicted molar refractivity (Wildman–Crippen MR) is 76.3 cm³/mol. The number of nitrogens with zero attached hydrogens (tertiary/aromatic N) is 1. The van der Waals surface area contributed by atoms with Crippen molar-refractivity contribution in [3.05, 3.63) is 29.6 Å². The van der Waals surface area contributed by atoms with Crippen molar-refractivity contribution in [2.24, 2.45) is 0 Å². The predicted octanol–water partition coefficient (Wildman–Crippen LogP) is 2.66. The van der Waals surface area contributed by atoms with Gasteiger partial charge in [0.2, 0.25) is 0 Å². The highest BCUT2D eigenvalue weighted by Crippen LogP contribution is 2.36. The topological polar surface area (TPSA) is 34.1 Å². The number of rotatable bonds is 3. The van der Waals surface area contributed by atoms with Crippen LogP contribution in [0.2, 0.25) is 0 Å². The summed E-state index contributed by atoms with van der Waals surface area (Å²) in [5.41, 5.74) is 2.74. The van der Waals surface area contributed by atoms with Gasteiger partial charge in [0.05, 0.1) is 12.2 Å². The highest BCUT2D eigenvalue weighted by atomic mass is 16.5. The Morgan fingerprint density at radius 2 is 2.26 bits per heavy atom. The molecule has 4 atom stereocenters. The van der Waals surface area contributed by atoms with Gasteiger partial charge in [0.25, 0.3) is 0 Å². The normalized spacial score (nSPS) is 32.0. The Morgan fingerprint density at radius 1 is 1.37 bits per heavy atom. The van der Waals surface area contributed by atoms with Gasteiger partial charge in [-0.2, -0.15) is 0 Å². The molecular weight excluding hydrogens is 236 g/mol. The first kappa shape index (κ1) is 13.1. The smallest absolute Gasteiger partial charge is 0.0739 e. The maximum absolute atomic E-state index is 6.09. The first-order chi connectivity index (χ1) is 9.29. The number of ether oxygens (including phenoxy) is 1. The van der Waals surface area contributed by atoms with Gasteiger partial charge in [-0.3, -0.25) is 4.98 Å². The number of hydrogen-bond acceptors (Lipinski definition) is 3. The van der Waals surface area contributed by atoms with Crippen LogP contribution in [-0.2, 0) is 11.2 Å². The van der Waals surface area contributed by atoms with E-state index in [0.717, 1.165) is 0 Å². The van der Waals surface area contributed by atoms with Crippen molar-refractivity contribution >= 4 is 0 Å². The molecule has 0 spiro atoms. The summed E-state index contributed by atoms with van der Waals surface area (Å²) in [6, 6.07) is 4.70. The number of fused-ring (bicyclic) bond motifs is 1. The van der Waals surface area contributed by atoms with E-state index in [1.54, 1.807) is 0 Å². The lowest BCUT2D eigenvalue weighted by Crippen LogP contribution is -2.44. The summed E-state index contributed by atoms with van der Waals surface area (Å²) in [6.07, 6.45) is 8.72. The fraction of sp³-hybridized carbons (Fsp3) is 0.688. The zero-order chi connectivity index (χ0) is 13.2. The molecule has 0 saturated carbocycles. The van der Waals surface area contributed by atoms with Gasteiger partial charge in [-0.1, -0.05) is 6.07 Å². The quantitative estimate of drug-likeness (QED) is 0.907. The monoisotopic (exact) mass is 260 g/mol. The lowest BCUT2D eigenvalue weighted by atomic mass is 9.79. The second-order valence-electron chi connectivity index (χ2n) is 5.92. The third-order valence-corrected chi connectivity index (χ3v) is 4.67. The minimum Gasteiger partial charge on any atom is -0.374 e. The van der Waals surface area contributed by atoms with Crippen molar-refractivity contribution in [1.82, 2.24) is 10.3 Å². The van der Waals surface area contributed by atoms with Crippen molar-refractivity contribution in [3.8, 4) is 0 Å². The molecule has 2 aliphatic rings. The van der Waals surface area contributed by atoms with Crippen LogP contribution in [0.1, 0.15) is 49.8 Å². The van der Waals surface area contributed by atoms with Gasteiger partial charge in [-0.05, 0) is 57.7 Å². The van der Waals surface area contributed by atoms with Crippen LogP contribution in [-0.4, -0.2) is 30.3 Å². The van der Waals surface area contributed by atoms with E-state index in [0.29, 0.717) is 24.2 Å². The van der Waals surface area contributed by atoms with Crippen LogP contribution >= 0.6 is 0 Å². The average Bonchev–Trinajstić information content (AvgIpc) is 2.86. The molecule has 3 rings (SSSR count). The second kappa shape index (κ2) is 5.59. The van der Waals surface area contributed by atoms with Gasteiger partial charge < -0.3 is 10.1 Å². The van der Waals surface area contributed by atoms with Crippen molar-refractivity contribution < 1.29 is 4.74 Å². The molecular formula is C16H24N2O. The Balaban J connectivity index is 1.84. The second-order valence-corrected chi connectivity index (χ2v) is 5.92. The Bertz CT molecular complexity index is 435. The number of hydrogen-bond donors (Lipinski definition) is 1. The maximum atomic E-state index is 6.09. The Morgan fingerprint density at radius 3 is 3.00 bits per heavy atom. The Kier molecular flexibility index (Phi) is 3.85. The average molecular weight is 260 g/mol. The first-order valence-electron chi connectivity index (χ1n) is 7.56. The number of aromatic nitrogens is 1. The van der Waals surface area contributed by atoms with E-state index in [1.165, 1.54) is 43.4 Å². The molecule has 1 fully saturated rings. The van der Waals surface area contributed by atoms with Crippen molar-refractivity contribution in [2.75, 3.05) is 7.05 Å². The van der Waals surface area contributed by atoms with Gasteiger partial charge in [0, 0.05) is 23.9 Å². The molecule has 3 nitrogen and oxygen atoms in total. The molecule has 1 aromatic heterocycles. The molecule has 19 heavy (non-hydrogen) atoms. The molecule has 0 radical (unpaired) electrons. The molecule has 0 bridgehead atoms. The van der Waals surface area contributed by atoms with E-state index in [4.69, 9.17) is 4.74 Å². The lowest BCUT2D eigenvalue weighted by molar-refractivity contribution is 0.0254. The largest absolute Gasteiger partial charge is 0.374 e. The number of likely N-dealkylation sites (N-methyl/N-ethyl adjacent to an activating group) is 1. The molecule has 2 heterocycles. The summed E-state index contributed by atoms with van der Waals surface area (Å²) in [5, 5.41) is 3.51. The zero-order valence-electron chi connectivity index (χ0n) is 11.9. The van der Waals surface area contributed by atoms with Crippen molar-refractivity contribution in [2.45, 2.75) is 63.2 Å². The molecule has 0 aromatic carbocycles. The summed E-state index contributed by atoms with van der Waals surface area (Å²) >= 11 is 0. The van der Waals surface area contributed by atoms with E-state index in [2.05, 4.69) is 36.4 Å². The fourth-order valence-corrected chi connectivity index (χ4v) is 3.74. The summed E-state index contributed by atoms with van der Waals surface area (Å²) in [4.78, 5) is 4.66. The van der Waals surface area contributed by atoms with E-state index in [1.807, 2.05) is 6.20 Å². The SMILES string of the molecule is CNC(C1CCC(C)O1)C1CCCc2cccnc21. The third-order valence-electron chi connectivity index (χ3n) is 4.67. The summed E-state index contributed by atoms with van der Waals surface area (Å²) in [7, 11) is 2.06. The van der Waals surface area contributed by atoms with E-state index in [9.17, 15) is 0 Å². The molecule has 104 valence electrons. The van der Waals surface area contributed by atoms with Crippen LogP contribution in [0, 0.1) is 0 Å². The minimum atomic E-state index is 0.345. The van der Waals surface area contributed by atoms with Crippen molar-refractivity contribution in [1.29, 1.82) is 0 Å². The van der Waals surface area contributed by atoms with Crippen molar-refractivity contribution in [3.63, 3.8) is 0 Å². The van der Waals surface area contributed by atoms with Gasteiger partial charge in [-0.15, -0.1) is 0 Å².